The van der Waals surface area contributed by atoms with Crippen molar-refractivity contribution in [3.63, 3.8) is 0 Å². The Morgan fingerprint density at radius 3 is 2.61 bits per heavy atom. The minimum absolute atomic E-state index is 0.279. The molecule has 0 spiro atoms. The maximum absolute atomic E-state index is 10.0. The van der Waals surface area contributed by atoms with Crippen molar-refractivity contribution in [2.24, 2.45) is 0 Å². The molecule has 23 heavy (non-hydrogen) atoms. The van der Waals surface area contributed by atoms with E-state index in [9.17, 15) is 5.11 Å². The van der Waals surface area contributed by atoms with Crippen molar-refractivity contribution >= 4 is 11.6 Å². The summed E-state index contributed by atoms with van der Waals surface area (Å²) in [6.07, 6.45) is 0.541. The number of hydrogen-bond acceptors (Lipinski definition) is 4. The Bertz CT molecular complexity index is 478. The van der Waals surface area contributed by atoms with E-state index >= 15 is 0 Å². The van der Waals surface area contributed by atoms with Gasteiger partial charge in [0.1, 0.15) is 18.5 Å². The van der Waals surface area contributed by atoms with Crippen molar-refractivity contribution in [2.45, 2.75) is 39.2 Å². The van der Waals surface area contributed by atoms with Crippen LogP contribution in [-0.2, 0) is 0 Å². The quantitative estimate of drug-likeness (QED) is 0.641. The third kappa shape index (κ3) is 7.53. The van der Waals surface area contributed by atoms with Gasteiger partial charge in [0.2, 0.25) is 0 Å². The Hall–Kier alpha value is -0.810. The zero-order valence-corrected chi connectivity index (χ0v) is 15.8. The fourth-order valence-corrected chi connectivity index (χ4v) is 2.45. The summed E-state index contributed by atoms with van der Waals surface area (Å²) >= 11 is 6.19. The molecule has 0 saturated heterocycles. The highest BCUT2D eigenvalue weighted by Crippen LogP contribution is 2.32. The van der Waals surface area contributed by atoms with Crippen molar-refractivity contribution in [1.82, 2.24) is 10.2 Å². The third-order valence-corrected chi connectivity index (χ3v) is 4.09. The number of aliphatic hydroxyl groups is 1. The number of rotatable bonds is 10. The molecule has 1 atom stereocenters. The number of ether oxygens (including phenoxy) is 1. The molecule has 0 aromatic heterocycles. The average Bonchev–Trinajstić information content (AvgIpc) is 2.47. The zero-order valence-electron chi connectivity index (χ0n) is 15.0. The Kier molecular flexibility index (Phi) is 8.92. The molecule has 0 aliphatic rings. The second-order valence-electron chi connectivity index (χ2n) is 6.62. The first kappa shape index (κ1) is 20.2. The van der Waals surface area contributed by atoms with Gasteiger partial charge >= 0.3 is 0 Å². The van der Waals surface area contributed by atoms with Gasteiger partial charge < -0.3 is 20.1 Å². The van der Waals surface area contributed by atoms with Gasteiger partial charge in [0.25, 0.3) is 0 Å². The van der Waals surface area contributed by atoms with Crippen molar-refractivity contribution in [3.05, 3.63) is 28.3 Å². The molecule has 1 rings (SSSR count). The molecule has 0 radical (unpaired) electrons. The molecule has 1 aromatic rings. The Morgan fingerprint density at radius 1 is 1.30 bits per heavy atom. The summed E-state index contributed by atoms with van der Waals surface area (Å²) in [7, 11) is 4.12. The maximum atomic E-state index is 10.0. The van der Waals surface area contributed by atoms with Crippen LogP contribution in [0, 0.1) is 6.92 Å². The Labute approximate surface area is 145 Å². The molecule has 4 nitrogen and oxygen atoms in total. The van der Waals surface area contributed by atoms with Crippen molar-refractivity contribution in [3.8, 4) is 5.75 Å². The maximum Gasteiger partial charge on any atom is 0.123 e. The van der Waals surface area contributed by atoms with Gasteiger partial charge in [0.15, 0.2) is 0 Å². The molecule has 5 heteroatoms. The topological polar surface area (TPSA) is 44.7 Å². The first-order valence-electron chi connectivity index (χ1n) is 8.27. The van der Waals surface area contributed by atoms with E-state index in [0.29, 0.717) is 12.5 Å². The van der Waals surface area contributed by atoms with Crippen LogP contribution in [0.3, 0.4) is 0 Å². The van der Waals surface area contributed by atoms with Crippen LogP contribution in [0.2, 0.25) is 5.02 Å². The van der Waals surface area contributed by atoms with E-state index in [2.05, 4.69) is 38.2 Å². The summed E-state index contributed by atoms with van der Waals surface area (Å²) in [5.74, 6) is 1.14. The third-order valence-electron chi connectivity index (χ3n) is 3.68. The predicted molar refractivity (Wildman–Crippen MR) is 97.8 cm³/mol. The Balaban J connectivity index is 2.43. The summed E-state index contributed by atoms with van der Waals surface area (Å²) in [4.78, 5) is 2.15. The number of aryl methyl sites for hydroxylation is 1. The summed E-state index contributed by atoms with van der Waals surface area (Å²) in [5, 5.41) is 14.1. The molecule has 0 aliphatic carbocycles. The van der Waals surface area contributed by atoms with E-state index in [0.717, 1.165) is 41.4 Å². The molecular weight excluding hydrogens is 312 g/mol. The monoisotopic (exact) mass is 342 g/mol. The normalized spacial score (nSPS) is 12.9. The first-order valence-corrected chi connectivity index (χ1v) is 8.65. The van der Waals surface area contributed by atoms with Gasteiger partial charge in [-0.3, -0.25) is 0 Å². The lowest BCUT2D eigenvalue weighted by atomic mass is 10.0. The highest BCUT2D eigenvalue weighted by atomic mass is 35.5. The predicted octanol–water partition coefficient (Wildman–Crippen LogP) is 3.05. The second-order valence-corrected chi connectivity index (χ2v) is 7.03. The largest absolute Gasteiger partial charge is 0.491 e. The molecule has 1 unspecified atom stereocenters. The molecule has 0 bridgehead atoms. The van der Waals surface area contributed by atoms with Crippen LogP contribution in [0.15, 0.2) is 12.1 Å². The molecular formula is C18H31ClN2O2. The van der Waals surface area contributed by atoms with Crippen LogP contribution in [0.25, 0.3) is 0 Å². The SMILES string of the molecule is Cc1cc(OCC(O)CNCCCN(C)C)c(C(C)C)cc1Cl. The second kappa shape index (κ2) is 10.1. The van der Waals surface area contributed by atoms with Gasteiger partial charge in [-0.2, -0.15) is 0 Å². The van der Waals surface area contributed by atoms with Crippen LogP contribution in [0.1, 0.15) is 37.3 Å². The highest BCUT2D eigenvalue weighted by molar-refractivity contribution is 6.31. The number of aliphatic hydroxyl groups excluding tert-OH is 1. The highest BCUT2D eigenvalue weighted by Gasteiger charge is 2.13. The molecule has 2 N–H and O–H groups in total. The molecule has 132 valence electrons. The van der Waals surface area contributed by atoms with Crippen molar-refractivity contribution in [1.29, 1.82) is 0 Å². The number of halogens is 1. The van der Waals surface area contributed by atoms with Crippen LogP contribution < -0.4 is 10.1 Å². The van der Waals surface area contributed by atoms with Crippen molar-refractivity contribution in [2.75, 3.05) is 40.3 Å². The number of benzene rings is 1. The van der Waals surface area contributed by atoms with Gasteiger partial charge in [-0.15, -0.1) is 0 Å². The lowest BCUT2D eigenvalue weighted by Crippen LogP contribution is -2.33. The van der Waals surface area contributed by atoms with Crippen LogP contribution in [-0.4, -0.2) is 56.4 Å². The van der Waals surface area contributed by atoms with Crippen LogP contribution >= 0.6 is 11.6 Å². The molecule has 1 aromatic carbocycles. The summed E-state index contributed by atoms with van der Waals surface area (Å²) in [5.41, 5.74) is 2.06. The molecule has 0 heterocycles. The van der Waals surface area contributed by atoms with Gasteiger partial charge in [-0.05, 0) is 69.7 Å². The molecule has 0 amide bonds. The number of nitrogens with zero attached hydrogens (tertiary/aromatic N) is 1. The van der Waals surface area contributed by atoms with Gasteiger partial charge in [-0.25, -0.2) is 0 Å². The van der Waals surface area contributed by atoms with Gasteiger partial charge in [-0.1, -0.05) is 25.4 Å². The average molecular weight is 343 g/mol. The summed E-state index contributed by atoms with van der Waals surface area (Å²) in [6.45, 7) is 8.93. The van der Waals surface area contributed by atoms with E-state index < -0.39 is 6.10 Å². The van der Waals surface area contributed by atoms with E-state index in [-0.39, 0.29) is 6.61 Å². The first-order chi connectivity index (χ1) is 10.8. The Morgan fingerprint density at radius 2 is 2.00 bits per heavy atom. The van der Waals surface area contributed by atoms with Crippen LogP contribution in [0.5, 0.6) is 5.75 Å². The van der Waals surface area contributed by atoms with E-state index in [1.165, 1.54) is 0 Å². The van der Waals surface area contributed by atoms with Crippen LogP contribution in [0.4, 0.5) is 0 Å². The lowest BCUT2D eigenvalue weighted by molar-refractivity contribution is 0.105. The molecule has 0 fully saturated rings. The summed E-state index contributed by atoms with van der Waals surface area (Å²) in [6, 6.07) is 3.91. The fourth-order valence-electron chi connectivity index (χ4n) is 2.28. The zero-order chi connectivity index (χ0) is 17.4. The van der Waals surface area contributed by atoms with Gasteiger partial charge in [0, 0.05) is 11.6 Å². The van der Waals surface area contributed by atoms with E-state index in [4.69, 9.17) is 16.3 Å². The standard InChI is InChI=1S/C18H31ClN2O2/c1-13(2)16-10-17(19)14(3)9-18(16)23-12-15(22)11-20-7-6-8-21(4)5/h9-10,13,15,20,22H,6-8,11-12H2,1-5H3. The smallest absolute Gasteiger partial charge is 0.123 e. The van der Waals surface area contributed by atoms with E-state index in [1.807, 2.05) is 19.1 Å². The van der Waals surface area contributed by atoms with E-state index in [1.54, 1.807) is 0 Å². The summed E-state index contributed by atoms with van der Waals surface area (Å²) < 4.78 is 5.83. The fraction of sp³-hybridized carbons (Fsp3) is 0.667. The number of hydrogen-bond donors (Lipinski definition) is 2. The molecule has 0 aliphatic heterocycles. The van der Waals surface area contributed by atoms with Gasteiger partial charge in [0.05, 0.1) is 0 Å². The minimum atomic E-state index is -0.523. The molecule has 0 saturated carbocycles. The number of nitrogens with one attached hydrogen (secondary N) is 1. The lowest BCUT2D eigenvalue weighted by Gasteiger charge is -2.18. The van der Waals surface area contributed by atoms with Crippen molar-refractivity contribution < 1.29 is 9.84 Å². The minimum Gasteiger partial charge on any atom is -0.491 e.